The Balaban J connectivity index is 2.16. The molecule has 0 spiro atoms. The Hall–Kier alpha value is -1.54. The van der Waals surface area contributed by atoms with Crippen molar-refractivity contribution < 1.29 is 0 Å². The van der Waals surface area contributed by atoms with Gasteiger partial charge in [-0.3, -0.25) is 0 Å². The molecule has 0 atom stereocenters. The van der Waals surface area contributed by atoms with Crippen LogP contribution in [-0.2, 0) is 6.42 Å². The normalized spacial score (nSPS) is 13.3. The first-order valence-corrected chi connectivity index (χ1v) is 7.24. The third-order valence-corrected chi connectivity index (χ3v) is 4.26. The molecule has 0 N–H and O–H groups in total. The Morgan fingerprint density at radius 3 is 1.79 bits per heavy atom. The third-order valence-electron chi connectivity index (χ3n) is 4.26. The molecule has 0 fully saturated rings. The Kier molecular flexibility index (Phi) is 3.43. The van der Waals surface area contributed by atoms with E-state index in [9.17, 15) is 0 Å². The number of hydrogen-bond acceptors (Lipinski definition) is 1. The lowest BCUT2D eigenvalue weighted by atomic mass is 9.44. The zero-order chi connectivity index (χ0) is 13.2. The molecule has 0 bridgehead atoms. The lowest BCUT2D eigenvalue weighted by molar-refractivity contribution is 0.490. The molecule has 0 unspecified atom stereocenters. The zero-order valence-electron chi connectivity index (χ0n) is 11.8. The van der Waals surface area contributed by atoms with Crippen LogP contribution in [0.3, 0.4) is 0 Å². The summed E-state index contributed by atoms with van der Waals surface area (Å²) in [6, 6.07) is 17.8. The van der Waals surface area contributed by atoms with Gasteiger partial charge in [0, 0.05) is 0 Å². The van der Waals surface area contributed by atoms with Crippen LogP contribution < -0.4 is 10.9 Å². The van der Waals surface area contributed by atoms with Crippen molar-refractivity contribution in [3.8, 4) is 0 Å². The maximum Gasteiger partial charge on any atom is 0.292 e. The average molecular weight is 249 g/mol. The Morgan fingerprint density at radius 1 is 0.842 bits per heavy atom. The number of hydrogen-bond donors (Lipinski definition) is 0. The van der Waals surface area contributed by atoms with E-state index in [0.717, 1.165) is 19.5 Å². The molecule has 1 aliphatic rings. The first-order valence-electron chi connectivity index (χ1n) is 7.24. The van der Waals surface area contributed by atoms with Gasteiger partial charge in [0.2, 0.25) is 0 Å². The number of benzene rings is 2. The predicted octanol–water partition coefficient (Wildman–Crippen LogP) is 2.04. The van der Waals surface area contributed by atoms with Gasteiger partial charge in [0.25, 0.3) is 6.85 Å². The van der Waals surface area contributed by atoms with E-state index in [1.807, 2.05) is 0 Å². The monoisotopic (exact) mass is 249 g/mol. The van der Waals surface area contributed by atoms with Crippen LogP contribution in [0.1, 0.15) is 25.0 Å². The van der Waals surface area contributed by atoms with Crippen LogP contribution in [0, 0.1) is 0 Å². The molecule has 2 aromatic rings. The van der Waals surface area contributed by atoms with Crippen molar-refractivity contribution in [3.63, 3.8) is 0 Å². The van der Waals surface area contributed by atoms with Crippen molar-refractivity contribution >= 4 is 17.8 Å². The van der Waals surface area contributed by atoms with Gasteiger partial charge in [0.15, 0.2) is 0 Å². The Morgan fingerprint density at radius 2 is 1.32 bits per heavy atom. The van der Waals surface area contributed by atoms with Crippen molar-refractivity contribution in [2.24, 2.45) is 0 Å². The minimum absolute atomic E-state index is 0.427. The van der Waals surface area contributed by atoms with Crippen molar-refractivity contribution in [2.75, 3.05) is 13.1 Å². The molecule has 0 radical (unpaired) electrons. The van der Waals surface area contributed by atoms with E-state index in [-0.39, 0.29) is 0 Å². The molecule has 2 heteroatoms. The van der Waals surface area contributed by atoms with Crippen molar-refractivity contribution in [1.29, 1.82) is 0 Å². The summed E-state index contributed by atoms with van der Waals surface area (Å²) in [6.07, 6.45) is 1.07. The highest BCUT2D eigenvalue weighted by atomic mass is 15.0. The van der Waals surface area contributed by atoms with Crippen LogP contribution in [0.25, 0.3) is 0 Å². The van der Waals surface area contributed by atoms with Gasteiger partial charge < -0.3 is 4.81 Å². The number of fused-ring (bicyclic) bond motifs is 2. The summed E-state index contributed by atoms with van der Waals surface area (Å²) in [4.78, 5) is 2.55. The number of nitrogens with zero attached hydrogens (tertiary/aromatic N) is 1. The molecule has 1 aliphatic heterocycles. The minimum Gasteiger partial charge on any atom is -0.335 e. The van der Waals surface area contributed by atoms with Crippen LogP contribution in [0.15, 0.2) is 48.5 Å². The van der Waals surface area contributed by atoms with E-state index in [2.05, 4.69) is 67.2 Å². The highest BCUT2D eigenvalue weighted by Gasteiger charge is 2.32. The summed E-state index contributed by atoms with van der Waals surface area (Å²) in [5.41, 5.74) is 5.95. The van der Waals surface area contributed by atoms with E-state index in [0.29, 0.717) is 6.85 Å². The lowest BCUT2D eigenvalue weighted by Gasteiger charge is -2.33. The molecular weight excluding hydrogens is 229 g/mol. The van der Waals surface area contributed by atoms with Gasteiger partial charge in [0.1, 0.15) is 0 Å². The Bertz CT molecular complexity index is 529. The fraction of sp³-hybridized carbons (Fsp3) is 0.294. The van der Waals surface area contributed by atoms with E-state index < -0.39 is 0 Å². The van der Waals surface area contributed by atoms with Crippen LogP contribution in [0.2, 0.25) is 0 Å². The van der Waals surface area contributed by atoms with Gasteiger partial charge in [-0.05, 0) is 30.6 Å². The molecule has 0 amide bonds. The number of rotatable bonds is 3. The molecule has 0 saturated heterocycles. The molecule has 0 aliphatic carbocycles. The summed E-state index contributed by atoms with van der Waals surface area (Å²) >= 11 is 0. The molecule has 0 aromatic heterocycles. The molecule has 1 nitrogen and oxygen atoms in total. The quantitative estimate of drug-likeness (QED) is 0.752. The molecule has 19 heavy (non-hydrogen) atoms. The highest BCUT2D eigenvalue weighted by Crippen LogP contribution is 2.15. The maximum absolute atomic E-state index is 2.55. The second-order valence-corrected chi connectivity index (χ2v) is 5.20. The summed E-state index contributed by atoms with van der Waals surface area (Å²) in [6.45, 7) is 7.11. The Labute approximate surface area is 116 Å². The zero-order valence-corrected chi connectivity index (χ0v) is 11.8. The van der Waals surface area contributed by atoms with E-state index in [1.165, 1.54) is 22.1 Å². The van der Waals surface area contributed by atoms with Crippen LogP contribution in [-0.4, -0.2) is 24.7 Å². The maximum atomic E-state index is 2.55. The first-order chi connectivity index (χ1) is 9.35. The summed E-state index contributed by atoms with van der Waals surface area (Å²) in [5.74, 6) is 0. The fourth-order valence-corrected chi connectivity index (χ4v) is 3.28. The van der Waals surface area contributed by atoms with Crippen LogP contribution in [0.4, 0.5) is 0 Å². The fourth-order valence-electron chi connectivity index (χ4n) is 3.28. The molecular formula is C17H20BN. The smallest absolute Gasteiger partial charge is 0.292 e. The lowest BCUT2D eigenvalue weighted by Crippen LogP contribution is -2.60. The molecule has 96 valence electrons. The standard InChI is InChI=1S/C17H20BN/c1-3-19(4-2)18-16-11-7-5-9-14(16)13-15-10-6-8-12-17(15)18/h5-12H,3-4,13H2,1-2H3. The average Bonchev–Trinajstić information content (AvgIpc) is 2.47. The minimum atomic E-state index is 0.427. The van der Waals surface area contributed by atoms with Gasteiger partial charge in [-0.25, -0.2) is 0 Å². The van der Waals surface area contributed by atoms with E-state index >= 15 is 0 Å². The summed E-state index contributed by atoms with van der Waals surface area (Å²) in [5, 5.41) is 0. The van der Waals surface area contributed by atoms with Crippen molar-refractivity contribution in [3.05, 3.63) is 59.7 Å². The molecule has 3 rings (SSSR count). The topological polar surface area (TPSA) is 3.24 Å². The summed E-state index contributed by atoms with van der Waals surface area (Å²) in [7, 11) is 0. The predicted molar refractivity (Wildman–Crippen MR) is 83.6 cm³/mol. The van der Waals surface area contributed by atoms with Gasteiger partial charge in [-0.15, -0.1) is 0 Å². The largest absolute Gasteiger partial charge is 0.335 e. The third kappa shape index (κ3) is 2.10. The van der Waals surface area contributed by atoms with Crippen molar-refractivity contribution in [2.45, 2.75) is 20.3 Å². The highest BCUT2D eigenvalue weighted by molar-refractivity contribution is 6.84. The van der Waals surface area contributed by atoms with Crippen molar-refractivity contribution in [1.82, 2.24) is 4.81 Å². The second-order valence-electron chi connectivity index (χ2n) is 5.20. The SMILES string of the molecule is CCN(CC)B1c2ccccc2Cc2ccccc21. The van der Waals surface area contributed by atoms with Gasteiger partial charge >= 0.3 is 0 Å². The van der Waals surface area contributed by atoms with Gasteiger partial charge in [0.05, 0.1) is 0 Å². The summed E-state index contributed by atoms with van der Waals surface area (Å²) < 4.78 is 0. The van der Waals surface area contributed by atoms with Crippen LogP contribution in [0.5, 0.6) is 0 Å². The van der Waals surface area contributed by atoms with Gasteiger partial charge in [-0.2, -0.15) is 0 Å². The second kappa shape index (κ2) is 5.22. The van der Waals surface area contributed by atoms with E-state index in [1.54, 1.807) is 0 Å². The van der Waals surface area contributed by atoms with E-state index in [4.69, 9.17) is 0 Å². The molecule has 1 heterocycles. The first kappa shape index (κ1) is 12.5. The van der Waals surface area contributed by atoms with Crippen LogP contribution >= 0.6 is 0 Å². The molecule has 2 aromatic carbocycles. The van der Waals surface area contributed by atoms with Gasteiger partial charge in [-0.1, -0.05) is 73.3 Å². The molecule has 0 saturated carbocycles.